The molecule has 1 saturated heterocycles. The maximum atomic E-state index is 3.51. The summed E-state index contributed by atoms with van der Waals surface area (Å²) in [7, 11) is 0. The highest BCUT2D eigenvalue weighted by molar-refractivity contribution is 5.63. The van der Waals surface area contributed by atoms with Crippen LogP contribution in [0.2, 0.25) is 0 Å². The van der Waals surface area contributed by atoms with Crippen molar-refractivity contribution in [3.8, 4) is 11.1 Å². The van der Waals surface area contributed by atoms with Crippen LogP contribution in [0.4, 0.5) is 0 Å². The van der Waals surface area contributed by atoms with Crippen molar-refractivity contribution in [1.82, 2.24) is 5.32 Å². The summed E-state index contributed by atoms with van der Waals surface area (Å²) < 4.78 is 0. The monoisotopic (exact) mass is 237 g/mol. The second-order valence-corrected chi connectivity index (χ2v) is 5.23. The Morgan fingerprint density at radius 3 is 2.17 bits per heavy atom. The number of rotatable bonds is 2. The lowest BCUT2D eigenvalue weighted by Gasteiger charge is -2.10. The summed E-state index contributed by atoms with van der Waals surface area (Å²) in [6.45, 7) is 3.38. The summed E-state index contributed by atoms with van der Waals surface area (Å²) in [6.07, 6.45) is 1.25. The van der Waals surface area contributed by atoms with Gasteiger partial charge < -0.3 is 5.32 Å². The molecule has 1 heterocycles. The summed E-state index contributed by atoms with van der Waals surface area (Å²) in [5, 5.41) is 3.51. The molecule has 18 heavy (non-hydrogen) atoms. The minimum Gasteiger partial charge on any atom is -0.314 e. The second-order valence-electron chi connectivity index (χ2n) is 5.23. The van der Waals surface area contributed by atoms with Crippen molar-refractivity contribution in [3.63, 3.8) is 0 Å². The first-order chi connectivity index (χ1) is 8.83. The van der Waals surface area contributed by atoms with Gasteiger partial charge in [-0.25, -0.2) is 0 Å². The fraction of sp³-hybridized carbons (Fsp3) is 0.294. The molecular weight excluding hydrogens is 218 g/mol. The highest BCUT2D eigenvalue weighted by Crippen LogP contribution is 2.27. The van der Waals surface area contributed by atoms with Crippen LogP contribution in [-0.4, -0.2) is 12.6 Å². The average Bonchev–Trinajstić information content (AvgIpc) is 2.87. The normalized spacial score (nSPS) is 23.2. The number of benzene rings is 2. The van der Waals surface area contributed by atoms with Crippen molar-refractivity contribution < 1.29 is 0 Å². The lowest BCUT2D eigenvalue weighted by Crippen LogP contribution is -2.16. The van der Waals surface area contributed by atoms with E-state index in [-0.39, 0.29) is 0 Å². The average molecular weight is 237 g/mol. The summed E-state index contributed by atoms with van der Waals surface area (Å²) in [5.41, 5.74) is 4.06. The maximum absolute atomic E-state index is 3.51. The predicted molar refractivity (Wildman–Crippen MR) is 76.7 cm³/mol. The van der Waals surface area contributed by atoms with Crippen LogP contribution in [0, 0.1) is 0 Å². The zero-order chi connectivity index (χ0) is 12.4. The van der Waals surface area contributed by atoms with E-state index in [0.717, 1.165) is 6.54 Å². The molecule has 0 aliphatic carbocycles. The van der Waals surface area contributed by atoms with Gasteiger partial charge in [0.15, 0.2) is 0 Å². The summed E-state index contributed by atoms with van der Waals surface area (Å²) in [6, 6.07) is 20.3. The number of nitrogens with one attached hydrogen (secondary N) is 1. The molecule has 0 radical (unpaired) electrons. The molecule has 3 rings (SSSR count). The van der Waals surface area contributed by atoms with Crippen molar-refractivity contribution in [3.05, 3.63) is 60.2 Å². The van der Waals surface area contributed by atoms with Crippen LogP contribution in [0.5, 0.6) is 0 Å². The van der Waals surface area contributed by atoms with E-state index in [1.807, 2.05) is 0 Å². The van der Waals surface area contributed by atoms with Crippen molar-refractivity contribution in [2.45, 2.75) is 25.3 Å². The Kier molecular flexibility index (Phi) is 3.16. The molecule has 2 atom stereocenters. The van der Waals surface area contributed by atoms with Gasteiger partial charge in [-0.05, 0) is 36.0 Å². The quantitative estimate of drug-likeness (QED) is 0.837. The number of hydrogen-bond acceptors (Lipinski definition) is 1. The molecule has 0 spiro atoms. The molecule has 2 aromatic rings. The summed E-state index contributed by atoms with van der Waals surface area (Å²) in [5.74, 6) is 0.685. The Balaban J connectivity index is 1.81. The van der Waals surface area contributed by atoms with Gasteiger partial charge in [-0.15, -0.1) is 0 Å². The van der Waals surface area contributed by atoms with E-state index in [2.05, 4.69) is 66.8 Å². The lowest BCUT2D eigenvalue weighted by molar-refractivity contribution is 0.658. The van der Waals surface area contributed by atoms with Crippen molar-refractivity contribution >= 4 is 0 Å². The third-order valence-corrected chi connectivity index (χ3v) is 3.84. The largest absolute Gasteiger partial charge is 0.314 e. The minimum absolute atomic E-state index is 0.656. The molecule has 0 saturated carbocycles. The van der Waals surface area contributed by atoms with Crippen molar-refractivity contribution in [2.75, 3.05) is 6.54 Å². The fourth-order valence-electron chi connectivity index (χ4n) is 2.77. The molecule has 0 amide bonds. The zero-order valence-corrected chi connectivity index (χ0v) is 10.8. The van der Waals surface area contributed by atoms with E-state index < -0.39 is 0 Å². The van der Waals surface area contributed by atoms with Crippen LogP contribution in [0.15, 0.2) is 54.6 Å². The van der Waals surface area contributed by atoms with E-state index in [0.29, 0.717) is 12.0 Å². The van der Waals surface area contributed by atoms with E-state index in [9.17, 15) is 0 Å². The molecule has 0 aromatic heterocycles. The third kappa shape index (κ3) is 2.32. The second kappa shape index (κ2) is 4.95. The van der Waals surface area contributed by atoms with Crippen molar-refractivity contribution in [2.24, 2.45) is 0 Å². The van der Waals surface area contributed by atoms with Gasteiger partial charge in [0.2, 0.25) is 0 Å². The van der Waals surface area contributed by atoms with Gasteiger partial charge in [-0.1, -0.05) is 54.6 Å². The molecule has 92 valence electrons. The minimum atomic E-state index is 0.656. The Hall–Kier alpha value is -1.60. The van der Waals surface area contributed by atoms with Crippen LogP contribution in [0.25, 0.3) is 11.1 Å². The van der Waals surface area contributed by atoms with Gasteiger partial charge in [0.05, 0.1) is 0 Å². The van der Waals surface area contributed by atoms with E-state index >= 15 is 0 Å². The van der Waals surface area contributed by atoms with E-state index in [1.54, 1.807) is 0 Å². The Morgan fingerprint density at radius 1 is 0.889 bits per heavy atom. The first kappa shape index (κ1) is 11.5. The van der Waals surface area contributed by atoms with Gasteiger partial charge in [-0.3, -0.25) is 0 Å². The standard InChI is InChI=1S/C17H19N/c1-13-11-17(12-18-13)16-9-7-15(8-10-16)14-5-3-2-4-6-14/h2-10,13,17-18H,11-12H2,1H3. The topological polar surface area (TPSA) is 12.0 Å². The lowest BCUT2D eigenvalue weighted by atomic mass is 9.94. The molecule has 1 nitrogen and oxygen atoms in total. The van der Waals surface area contributed by atoms with Crippen LogP contribution in [0.3, 0.4) is 0 Å². The fourth-order valence-corrected chi connectivity index (χ4v) is 2.77. The van der Waals surface area contributed by atoms with E-state index in [4.69, 9.17) is 0 Å². The molecule has 0 bridgehead atoms. The molecular formula is C17H19N. The molecule has 2 aromatic carbocycles. The van der Waals surface area contributed by atoms with Crippen LogP contribution >= 0.6 is 0 Å². The van der Waals surface area contributed by atoms with Crippen LogP contribution in [0.1, 0.15) is 24.8 Å². The third-order valence-electron chi connectivity index (χ3n) is 3.84. The van der Waals surface area contributed by atoms with Crippen LogP contribution < -0.4 is 5.32 Å². The Labute approximate surface area is 109 Å². The van der Waals surface area contributed by atoms with Gasteiger partial charge >= 0.3 is 0 Å². The summed E-state index contributed by atoms with van der Waals surface area (Å²) in [4.78, 5) is 0. The molecule has 1 heteroatoms. The Bertz CT molecular complexity index is 501. The molecule has 2 unspecified atom stereocenters. The number of hydrogen-bond donors (Lipinski definition) is 1. The SMILES string of the molecule is CC1CC(c2ccc(-c3ccccc3)cc2)CN1. The highest BCUT2D eigenvalue weighted by Gasteiger charge is 2.21. The molecule has 1 aliphatic rings. The highest BCUT2D eigenvalue weighted by atomic mass is 14.9. The van der Waals surface area contributed by atoms with Gasteiger partial charge in [0.25, 0.3) is 0 Å². The summed E-state index contributed by atoms with van der Waals surface area (Å²) >= 11 is 0. The molecule has 1 fully saturated rings. The van der Waals surface area contributed by atoms with Gasteiger partial charge in [0, 0.05) is 12.6 Å². The first-order valence-electron chi connectivity index (χ1n) is 6.72. The maximum Gasteiger partial charge on any atom is 0.00452 e. The zero-order valence-electron chi connectivity index (χ0n) is 10.8. The Morgan fingerprint density at radius 2 is 1.56 bits per heavy atom. The predicted octanol–water partition coefficient (Wildman–Crippen LogP) is 3.82. The van der Waals surface area contributed by atoms with E-state index in [1.165, 1.54) is 23.1 Å². The van der Waals surface area contributed by atoms with Gasteiger partial charge in [0.1, 0.15) is 0 Å². The smallest absolute Gasteiger partial charge is 0.00452 e. The molecule has 1 aliphatic heterocycles. The first-order valence-corrected chi connectivity index (χ1v) is 6.72. The van der Waals surface area contributed by atoms with Gasteiger partial charge in [-0.2, -0.15) is 0 Å². The van der Waals surface area contributed by atoms with Crippen molar-refractivity contribution in [1.29, 1.82) is 0 Å². The molecule has 1 N–H and O–H groups in total. The van der Waals surface area contributed by atoms with Crippen LogP contribution in [-0.2, 0) is 0 Å².